The fraction of sp³-hybridized carbons (Fsp3) is 0.308. The number of rotatable bonds is 4. The highest BCUT2D eigenvalue weighted by Crippen LogP contribution is 2.16. The van der Waals surface area contributed by atoms with E-state index in [9.17, 15) is 4.39 Å². The van der Waals surface area contributed by atoms with E-state index >= 15 is 0 Å². The minimum atomic E-state index is -0.235. The van der Waals surface area contributed by atoms with E-state index in [2.05, 4.69) is 24.1 Å². The van der Waals surface area contributed by atoms with Crippen LogP contribution in [0.4, 0.5) is 16.0 Å². The molecule has 1 aromatic carbocycles. The molecule has 0 radical (unpaired) electrons. The van der Waals surface area contributed by atoms with E-state index in [1.807, 2.05) is 10.8 Å². The molecule has 4 heteroatoms. The molecule has 0 bridgehead atoms. The lowest BCUT2D eigenvalue weighted by atomic mass is 10.2. The highest BCUT2D eigenvalue weighted by Gasteiger charge is 2.04. The largest absolute Gasteiger partial charge is 0.326 e. The van der Waals surface area contributed by atoms with Crippen molar-refractivity contribution in [3.05, 3.63) is 42.5 Å². The van der Waals surface area contributed by atoms with Crippen LogP contribution in [0.1, 0.15) is 13.8 Å². The highest BCUT2D eigenvalue weighted by molar-refractivity contribution is 5.53. The van der Waals surface area contributed by atoms with Crippen LogP contribution in [0.3, 0.4) is 0 Å². The van der Waals surface area contributed by atoms with E-state index in [4.69, 9.17) is 0 Å². The Morgan fingerprint density at radius 3 is 2.65 bits per heavy atom. The summed E-state index contributed by atoms with van der Waals surface area (Å²) in [4.78, 5) is 4.25. The van der Waals surface area contributed by atoms with Crippen LogP contribution in [0.5, 0.6) is 0 Å². The standard InChI is InChI=1S/C13H16FN3/c1-10(2)9-17-8-7-15-13(17)16-12-5-3-11(14)4-6-12/h3-8,10H,9H2,1-2H3,(H,15,16). The minimum Gasteiger partial charge on any atom is -0.326 e. The maximum atomic E-state index is 12.8. The van der Waals surface area contributed by atoms with Gasteiger partial charge < -0.3 is 9.88 Å². The van der Waals surface area contributed by atoms with Gasteiger partial charge in [-0.25, -0.2) is 9.37 Å². The van der Waals surface area contributed by atoms with Gasteiger partial charge in [0.25, 0.3) is 0 Å². The topological polar surface area (TPSA) is 29.9 Å². The van der Waals surface area contributed by atoms with Crippen molar-refractivity contribution in [1.82, 2.24) is 9.55 Å². The van der Waals surface area contributed by atoms with Crippen LogP contribution < -0.4 is 5.32 Å². The van der Waals surface area contributed by atoms with E-state index in [1.165, 1.54) is 12.1 Å². The number of anilines is 2. The van der Waals surface area contributed by atoms with Crippen molar-refractivity contribution in [2.75, 3.05) is 5.32 Å². The van der Waals surface area contributed by atoms with Crippen LogP contribution in [0, 0.1) is 11.7 Å². The molecule has 0 atom stereocenters. The minimum absolute atomic E-state index is 0.235. The number of hydrogen-bond donors (Lipinski definition) is 1. The van der Waals surface area contributed by atoms with Gasteiger partial charge in [0.05, 0.1) is 0 Å². The van der Waals surface area contributed by atoms with Gasteiger partial charge in [-0.15, -0.1) is 0 Å². The van der Waals surface area contributed by atoms with Crippen LogP contribution in [0.25, 0.3) is 0 Å². The molecule has 0 aliphatic heterocycles. The molecule has 1 heterocycles. The average molecular weight is 233 g/mol. The van der Waals surface area contributed by atoms with Gasteiger partial charge in [-0.3, -0.25) is 0 Å². The number of aromatic nitrogens is 2. The van der Waals surface area contributed by atoms with E-state index in [-0.39, 0.29) is 5.82 Å². The summed E-state index contributed by atoms with van der Waals surface area (Å²) < 4.78 is 14.8. The summed E-state index contributed by atoms with van der Waals surface area (Å²) in [5, 5.41) is 3.17. The van der Waals surface area contributed by atoms with Gasteiger partial charge in [0.2, 0.25) is 5.95 Å². The number of nitrogens with zero attached hydrogens (tertiary/aromatic N) is 2. The van der Waals surface area contributed by atoms with Gasteiger partial charge in [-0.1, -0.05) is 13.8 Å². The van der Waals surface area contributed by atoms with Crippen molar-refractivity contribution in [3.8, 4) is 0 Å². The second-order valence-electron chi connectivity index (χ2n) is 4.43. The highest BCUT2D eigenvalue weighted by atomic mass is 19.1. The first kappa shape index (κ1) is 11.6. The van der Waals surface area contributed by atoms with Crippen molar-refractivity contribution in [3.63, 3.8) is 0 Å². The lowest BCUT2D eigenvalue weighted by Crippen LogP contribution is -2.07. The van der Waals surface area contributed by atoms with Gasteiger partial charge >= 0.3 is 0 Å². The maximum absolute atomic E-state index is 12.8. The van der Waals surface area contributed by atoms with Gasteiger partial charge in [0, 0.05) is 24.6 Å². The molecule has 0 amide bonds. The van der Waals surface area contributed by atoms with Crippen LogP contribution >= 0.6 is 0 Å². The summed E-state index contributed by atoms with van der Waals surface area (Å²) in [7, 11) is 0. The molecule has 0 aliphatic carbocycles. The van der Waals surface area contributed by atoms with Crippen LogP contribution in [0.2, 0.25) is 0 Å². The number of benzene rings is 1. The molecule has 2 rings (SSSR count). The van der Waals surface area contributed by atoms with Crippen molar-refractivity contribution >= 4 is 11.6 Å². The lowest BCUT2D eigenvalue weighted by Gasteiger charge is -2.11. The van der Waals surface area contributed by atoms with Crippen LogP contribution in [-0.4, -0.2) is 9.55 Å². The molecule has 0 aliphatic rings. The Labute approximate surface area is 100 Å². The van der Waals surface area contributed by atoms with Crippen LogP contribution in [0.15, 0.2) is 36.7 Å². The first-order valence-corrected chi connectivity index (χ1v) is 5.69. The van der Waals surface area contributed by atoms with E-state index in [0.717, 1.165) is 18.2 Å². The average Bonchev–Trinajstić information content (AvgIpc) is 2.68. The molecule has 0 saturated heterocycles. The summed E-state index contributed by atoms with van der Waals surface area (Å²) in [5.74, 6) is 1.10. The third-order valence-corrected chi connectivity index (χ3v) is 2.38. The number of imidazole rings is 1. The second kappa shape index (κ2) is 4.99. The van der Waals surface area contributed by atoms with Crippen molar-refractivity contribution in [1.29, 1.82) is 0 Å². The molecule has 0 fully saturated rings. The molecule has 2 aromatic rings. The fourth-order valence-corrected chi connectivity index (χ4v) is 1.64. The SMILES string of the molecule is CC(C)Cn1ccnc1Nc1ccc(F)cc1. The third kappa shape index (κ3) is 3.06. The Morgan fingerprint density at radius 1 is 1.29 bits per heavy atom. The van der Waals surface area contributed by atoms with Crippen molar-refractivity contribution in [2.45, 2.75) is 20.4 Å². The van der Waals surface area contributed by atoms with Gasteiger partial charge in [-0.2, -0.15) is 0 Å². The summed E-state index contributed by atoms with van der Waals surface area (Å²) >= 11 is 0. The van der Waals surface area contributed by atoms with E-state index in [0.29, 0.717) is 5.92 Å². The number of nitrogens with one attached hydrogen (secondary N) is 1. The Hall–Kier alpha value is -1.84. The van der Waals surface area contributed by atoms with Gasteiger partial charge in [0.15, 0.2) is 0 Å². The molecule has 0 unspecified atom stereocenters. The maximum Gasteiger partial charge on any atom is 0.207 e. The van der Waals surface area contributed by atoms with E-state index in [1.54, 1.807) is 18.3 Å². The zero-order chi connectivity index (χ0) is 12.3. The molecule has 90 valence electrons. The monoisotopic (exact) mass is 233 g/mol. The first-order chi connectivity index (χ1) is 8.15. The Kier molecular flexibility index (Phi) is 3.42. The van der Waals surface area contributed by atoms with Crippen LogP contribution in [-0.2, 0) is 6.54 Å². The Balaban J connectivity index is 2.13. The Bertz CT molecular complexity index is 474. The number of hydrogen-bond acceptors (Lipinski definition) is 2. The number of halogens is 1. The molecule has 0 saturated carbocycles. The summed E-state index contributed by atoms with van der Waals surface area (Å²) in [6.07, 6.45) is 3.69. The molecular weight excluding hydrogens is 217 g/mol. The fourth-order valence-electron chi connectivity index (χ4n) is 1.64. The molecule has 1 aromatic heterocycles. The molecule has 3 nitrogen and oxygen atoms in total. The summed E-state index contributed by atoms with van der Waals surface area (Å²) in [6.45, 7) is 5.22. The first-order valence-electron chi connectivity index (χ1n) is 5.69. The Morgan fingerprint density at radius 2 is 2.00 bits per heavy atom. The predicted octanol–water partition coefficient (Wildman–Crippen LogP) is 3.42. The van der Waals surface area contributed by atoms with E-state index < -0.39 is 0 Å². The lowest BCUT2D eigenvalue weighted by molar-refractivity contribution is 0.527. The zero-order valence-corrected chi connectivity index (χ0v) is 10.0. The molecule has 17 heavy (non-hydrogen) atoms. The van der Waals surface area contributed by atoms with Gasteiger partial charge in [0.1, 0.15) is 5.82 Å². The predicted molar refractivity (Wildman–Crippen MR) is 66.7 cm³/mol. The molecule has 1 N–H and O–H groups in total. The van der Waals surface area contributed by atoms with Crippen molar-refractivity contribution in [2.24, 2.45) is 5.92 Å². The van der Waals surface area contributed by atoms with Crippen molar-refractivity contribution < 1.29 is 4.39 Å². The quantitative estimate of drug-likeness (QED) is 0.876. The van der Waals surface area contributed by atoms with Gasteiger partial charge in [-0.05, 0) is 30.2 Å². The normalized spacial score (nSPS) is 10.8. The molecule has 0 spiro atoms. The third-order valence-electron chi connectivity index (χ3n) is 2.38. The molecular formula is C13H16FN3. The summed E-state index contributed by atoms with van der Waals surface area (Å²) in [6, 6.07) is 6.25. The summed E-state index contributed by atoms with van der Waals surface area (Å²) in [5.41, 5.74) is 0.836. The zero-order valence-electron chi connectivity index (χ0n) is 10.0. The smallest absolute Gasteiger partial charge is 0.207 e. The second-order valence-corrected chi connectivity index (χ2v) is 4.43.